The monoisotopic (exact) mass is 408 g/mol. The molecule has 3 N–H and O–H groups in total. The smallest absolute Gasteiger partial charge is 0.234 e. The summed E-state index contributed by atoms with van der Waals surface area (Å²) in [5.74, 6) is -0.00291. The third-order valence-electron chi connectivity index (χ3n) is 5.87. The van der Waals surface area contributed by atoms with Gasteiger partial charge in [0.05, 0.1) is 18.8 Å². The van der Waals surface area contributed by atoms with E-state index in [1.807, 2.05) is 0 Å². The Morgan fingerprint density at radius 1 is 0.897 bits per heavy atom. The Hall–Kier alpha value is -0.585. The highest BCUT2D eigenvalue weighted by molar-refractivity contribution is 6.11. The summed E-state index contributed by atoms with van der Waals surface area (Å²) in [6.45, 7) is 2.17. The number of unbranched alkanes of at least 4 members (excludes halogenated alkanes) is 14. The molecule has 29 heavy (non-hydrogen) atoms. The number of carbonyl (C=O) groups excluding carboxylic acids is 1. The second-order valence-corrected chi connectivity index (χ2v) is 8.63. The van der Waals surface area contributed by atoms with E-state index in [0.29, 0.717) is 12.8 Å². The summed E-state index contributed by atoms with van der Waals surface area (Å²) in [7, 11) is 5.71. The number of hydrogen-bond acceptors (Lipinski definition) is 4. The van der Waals surface area contributed by atoms with Gasteiger partial charge in [0.1, 0.15) is 7.85 Å². The zero-order valence-corrected chi connectivity index (χ0v) is 18.8. The van der Waals surface area contributed by atoms with Crippen molar-refractivity contribution in [3.63, 3.8) is 0 Å². The third kappa shape index (κ3) is 14.1. The van der Waals surface area contributed by atoms with E-state index in [1.165, 1.54) is 83.5 Å². The first-order valence-corrected chi connectivity index (χ1v) is 12.2. The number of aliphatic hydroxyl groups is 1. The SMILES string of the molecule is [B][C@H]1CC(NNC(=O)CCCCCCCCCCCCCCCCC)[C@@H](CO)O1. The molecule has 1 heterocycles. The predicted molar refractivity (Wildman–Crippen MR) is 121 cm³/mol. The average Bonchev–Trinajstić information content (AvgIpc) is 3.09. The van der Waals surface area contributed by atoms with E-state index < -0.39 is 0 Å². The number of ether oxygens (including phenoxy) is 1. The Morgan fingerprint density at radius 3 is 1.86 bits per heavy atom. The molecular weight excluding hydrogens is 363 g/mol. The molecular formula is C23H45BN2O3. The van der Waals surface area contributed by atoms with Crippen molar-refractivity contribution in [3.05, 3.63) is 0 Å². The van der Waals surface area contributed by atoms with Gasteiger partial charge >= 0.3 is 0 Å². The van der Waals surface area contributed by atoms with E-state index in [1.54, 1.807) is 0 Å². The number of amides is 1. The summed E-state index contributed by atoms with van der Waals surface area (Å²) >= 11 is 0. The van der Waals surface area contributed by atoms with Crippen LogP contribution in [0.2, 0.25) is 0 Å². The lowest BCUT2D eigenvalue weighted by atomic mass is 9.95. The predicted octanol–water partition coefficient (Wildman–Crippen LogP) is 4.51. The van der Waals surface area contributed by atoms with Crippen molar-refractivity contribution < 1.29 is 14.6 Å². The molecule has 3 atom stereocenters. The largest absolute Gasteiger partial charge is 0.394 e. The van der Waals surface area contributed by atoms with Gasteiger partial charge in [-0.2, -0.15) is 0 Å². The summed E-state index contributed by atoms with van der Waals surface area (Å²) < 4.78 is 5.36. The van der Waals surface area contributed by atoms with Gasteiger partial charge in [-0.1, -0.05) is 96.8 Å². The van der Waals surface area contributed by atoms with Crippen molar-refractivity contribution in [1.29, 1.82) is 0 Å². The van der Waals surface area contributed by atoms with Gasteiger partial charge in [-0.15, -0.1) is 0 Å². The minimum atomic E-state index is -0.378. The first kappa shape index (κ1) is 26.5. The van der Waals surface area contributed by atoms with E-state index in [0.717, 1.165) is 12.8 Å². The highest BCUT2D eigenvalue weighted by Crippen LogP contribution is 2.17. The fourth-order valence-electron chi connectivity index (χ4n) is 3.99. The lowest BCUT2D eigenvalue weighted by Gasteiger charge is -2.18. The lowest BCUT2D eigenvalue weighted by molar-refractivity contribution is -0.122. The molecule has 0 aliphatic carbocycles. The normalized spacial score (nSPS) is 21.5. The van der Waals surface area contributed by atoms with Crippen molar-refractivity contribution in [3.8, 4) is 0 Å². The number of hydrazine groups is 1. The van der Waals surface area contributed by atoms with Crippen molar-refractivity contribution in [1.82, 2.24) is 10.9 Å². The van der Waals surface area contributed by atoms with Crippen molar-refractivity contribution >= 4 is 13.8 Å². The highest BCUT2D eigenvalue weighted by Gasteiger charge is 2.32. The van der Waals surface area contributed by atoms with Crippen molar-refractivity contribution in [2.45, 2.75) is 134 Å². The maximum atomic E-state index is 11.9. The van der Waals surface area contributed by atoms with Crippen LogP contribution in [-0.4, -0.2) is 43.6 Å². The van der Waals surface area contributed by atoms with Crippen LogP contribution >= 0.6 is 0 Å². The second-order valence-electron chi connectivity index (χ2n) is 8.63. The Kier molecular flexibility index (Phi) is 16.6. The Morgan fingerprint density at radius 2 is 1.38 bits per heavy atom. The average molecular weight is 408 g/mol. The van der Waals surface area contributed by atoms with Crippen LogP contribution in [0.15, 0.2) is 0 Å². The lowest BCUT2D eigenvalue weighted by Crippen LogP contribution is -2.48. The number of nitrogens with one attached hydrogen (secondary N) is 2. The first-order chi connectivity index (χ1) is 14.2. The molecule has 0 spiro atoms. The molecule has 1 saturated heterocycles. The van der Waals surface area contributed by atoms with Gasteiger partial charge in [-0.3, -0.25) is 10.2 Å². The summed E-state index contributed by atoms with van der Waals surface area (Å²) in [6.07, 6.45) is 20.6. The Balaban J connectivity index is 1.81. The minimum absolute atomic E-state index is 0.00291. The number of aliphatic hydroxyl groups excluding tert-OH is 1. The molecule has 0 aromatic heterocycles. The van der Waals surface area contributed by atoms with Crippen molar-refractivity contribution in [2.24, 2.45) is 0 Å². The van der Waals surface area contributed by atoms with E-state index in [4.69, 9.17) is 12.6 Å². The van der Waals surface area contributed by atoms with Gasteiger partial charge in [-0.25, -0.2) is 5.43 Å². The molecule has 1 aliphatic heterocycles. The fraction of sp³-hybridized carbons (Fsp3) is 0.957. The maximum Gasteiger partial charge on any atom is 0.234 e. The van der Waals surface area contributed by atoms with Crippen LogP contribution in [0.5, 0.6) is 0 Å². The van der Waals surface area contributed by atoms with Gasteiger partial charge in [0.15, 0.2) is 0 Å². The standard InChI is InChI=1S/C23H45BN2O3/c1-2-3-4-5-6-7-8-9-10-11-12-13-14-15-16-17-23(28)26-25-20-18-22(24)29-21(20)19-27/h20-22,25,27H,2-19H2,1H3,(H,26,28)/t20?,21-,22-/m1/s1. The van der Waals surface area contributed by atoms with Crippen LogP contribution in [0.4, 0.5) is 0 Å². The zero-order valence-electron chi connectivity index (χ0n) is 18.8. The molecule has 6 heteroatoms. The van der Waals surface area contributed by atoms with E-state index >= 15 is 0 Å². The molecule has 1 unspecified atom stereocenters. The Labute approximate surface area is 180 Å². The first-order valence-electron chi connectivity index (χ1n) is 12.2. The minimum Gasteiger partial charge on any atom is -0.394 e. The summed E-state index contributed by atoms with van der Waals surface area (Å²) in [5, 5.41) is 9.24. The summed E-state index contributed by atoms with van der Waals surface area (Å²) in [6, 6.07) is -0.503. The molecule has 0 bridgehead atoms. The molecule has 5 nitrogen and oxygen atoms in total. The van der Waals surface area contributed by atoms with E-state index in [9.17, 15) is 9.90 Å². The molecule has 2 radical (unpaired) electrons. The van der Waals surface area contributed by atoms with Crippen molar-refractivity contribution in [2.75, 3.05) is 6.61 Å². The van der Waals surface area contributed by atoms with E-state index in [-0.39, 0.29) is 30.7 Å². The fourth-order valence-corrected chi connectivity index (χ4v) is 3.99. The van der Waals surface area contributed by atoms with Crippen LogP contribution in [0, 0.1) is 0 Å². The maximum absolute atomic E-state index is 11.9. The molecule has 168 valence electrons. The van der Waals surface area contributed by atoms with Gasteiger partial charge < -0.3 is 9.84 Å². The number of rotatable bonds is 19. The van der Waals surface area contributed by atoms with Gasteiger partial charge in [-0.05, 0) is 12.8 Å². The van der Waals surface area contributed by atoms with Crippen LogP contribution in [0.1, 0.15) is 116 Å². The van der Waals surface area contributed by atoms with Crippen LogP contribution < -0.4 is 10.9 Å². The number of carbonyl (C=O) groups is 1. The van der Waals surface area contributed by atoms with Crippen LogP contribution in [-0.2, 0) is 9.53 Å². The zero-order chi connectivity index (χ0) is 21.2. The van der Waals surface area contributed by atoms with Gasteiger partial charge in [0, 0.05) is 12.4 Å². The molecule has 0 aromatic rings. The Bertz CT molecular complexity index is 398. The van der Waals surface area contributed by atoms with Crippen LogP contribution in [0.3, 0.4) is 0 Å². The van der Waals surface area contributed by atoms with Gasteiger partial charge in [0.25, 0.3) is 0 Å². The molecule has 1 fully saturated rings. The third-order valence-corrected chi connectivity index (χ3v) is 5.87. The highest BCUT2D eigenvalue weighted by atomic mass is 16.5. The molecule has 0 saturated carbocycles. The van der Waals surface area contributed by atoms with E-state index in [2.05, 4.69) is 17.8 Å². The van der Waals surface area contributed by atoms with Crippen LogP contribution in [0.25, 0.3) is 0 Å². The number of hydrogen-bond donors (Lipinski definition) is 3. The summed E-state index contributed by atoms with van der Waals surface area (Å²) in [4.78, 5) is 11.9. The molecule has 1 aliphatic rings. The molecule has 0 aromatic carbocycles. The molecule has 1 rings (SSSR count). The topological polar surface area (TPSA) is 70.6 Å². The second kappa shape index (κ2) is 18.2. The quantitative estimate of drug-likeness (QED) is 0.167. The molecule has 1 amide bonds. The van der Waals surface area contributed by atoms with Gasteiger partial charge in [0.2, 0.25) is 5.91 Å². The summed E-state index contributed by atoms with van der Waals surface area (Å²) in [5.41, 5.74) is 5.67.